The number of carbonyl (C=O) groups excluding carboxylic acids is 3. The Morgan fingerprint density at radius 1 is 1.31 bits per heavy atom. The molecule has 1 aromatic carbocycles. The van der Waals surface area contributed by atoms with E-state index < -0.39 is 0 Å². The molecule has 0 aliphatic carbocycles. The van der Waals surface area contributed by atoms with Crippen LogP contribution >= 0.6 is 11.3 Å². The lowest BCUT2D eigenvalue weighted by atomic mass is 9.89. The number of carbonyl (C=O) groups is 3. The van der Waals surface area contributed by atoms with E-state index in [0.717, 1.165) is 23.4 Å². The summed E-state index contributed by atoms with van der Waals surface area (Å²) < 4.78 is 0. The molecule has 8 heteroatoms. The second kappa shape index (κ2) is 8.32. The molecule has 0 unspecified atom stereocenters. The molecule has 2 aliphatic rings. The molecule has 7 nitrogen and oxygen atoms in total. The number of amides is 3. The fourth-order valence-electron chi connectivity index (χ4n) is 4.26. The average Bonchev–Trinajstić information content (AvgIpc) is 3.35. The molecule has 4 rings (SSSR count). The van der Waals surface area contributed by atoms with Gasteiger partial charge in [0.2, 0.25) is 11.8 Å². The van der Waals surface area contributed by atoms with Crippen LogP contribution in [0.3, 0.4) is 0 Å². The molecular weight excluding hydrogens is 388 g/mol. The molecule has 3 amide bonds. The number of aromatic nitrogens is 1. The van der Waals surface area contributed by atoms with E-state index >= 15 is 0 Å². The third-order valence-electron chi connectivity index (χ3n) is 5.70. The Morgan fingerprint density at radius 2 is 2.07 bits per heavy atom. The van der Waals surface area contributed by atoms with E-state index in [1.165, 1.54) is 6.92 Å². The maximum atomic E-state index is 12.8. The van der Waals surface area contributed by atoms with Gasteiger partial charge in [0.05, 0.1) is 18.5 Å². The number of hydrogen-bond donors (Lipinski definition) is 2. The summed E-state index contributed by atoms with van der Waals surface area (Å²) >= 11 is 1.54. The van der Waals surface area contributed by atoms with Crippen LogP contribution in [0.15, 0.2) is 35.8 Å². The van der Waals surface area contributed by atoms with Crippen LogP contribution in [0.2, 0.25) is 0 Å². The summed E-state index contributed by atoms with van der Waals surface area (Å²) in [6.45, 7) is 2.81. The van der Waals surface area contributed by atoms with Gasteiger partial charge in [-0.05, 0) is 30.4 Å². The molecule has 0 saturated carbocycles. The molecule has 2 atom stereocenters. The third-order valence-corrected chi connectivity index (χ3v) is 6.56. The monoisotopic (exact) mass is 412 g/mol. The van der Waals surface area contributed by atoms with Crippen LogP contribution < -0.4 is 10.6 Å². The van der Waals surface area contributed by atoms with Gasteiger partial charge in [-0.3, -0.25) is 14.4 Å². The smallest absolute Gasteiger partial charge is 0.252 e. The van der Waals surface area contributed by atoms with Crippen LogP contribution in [-0.4, -0.2) is 40.7 Å². The second-order valence-corrected chi connectivity index (χ2v) is 8.51. The minimum Gasteiger partial charge on any atom is -0.347 e. The van der Waals surface area contributed by atoms with Crippen molar-refractivity contribution in [1.82, 2.24) is 20.5 Å². The number of hydrogen-bond acceptors (Lipinski definition) is 5. The van der Waals surface area contributed by atoms with Gasteiger partial charge in [0.15, 0.2) is 0 Å². The molecule has 1 saturated heterocycles. The van der Waals surface area contributed by atoms with Gasteiger partial charge < -0.3 is 15.5 Å². The maximum Gasteiger partial charge on any atom is 0.252 e. The number of benzene rings is 1. The highest BCUT2D eigenvalue weighted by atomic mass is 32.1. The first-order chi connectivity index (χ1) is 14.0. The van der Waals surface area contributed by atoms with Gasteiger partial charge in [0.1, 0.15) is 5.01 Å². The first-order valence-electron chi connectivity index (χ1n) is 9.87. The average molecular weight is 413 g/mol. The van der Waals surface area contributed by atoms with E-state index in [1.807, 2.05) is 28.5 Å². The molecule has 2 aliphatic heterocycles. The van der Waals surface area contributed by atoms with Crippen molar-refractivity contribution in [3.05, 3.63) is 52.0 Å². The van der Waals surface area contributed by atoms with Gasteiger partial charge in [-0.2, -0.15) is 0 Å². The van der Waals surface area contributed by atoms with Crippen molar-refractivity contribution < 1.29 is 14.4 Å². The Bertz CT molecular complexity index is 906. The topological polar surface area (TPSA) is 91.4 Å². The van der Waals surface area contributed by atoms with Crippen LogP contribution in [-0.2, 0) is 9.59 Å². The van der Waals surface area contributed by atoms with Crippen LogP contribution in [0.25, 0.3) is 0 Å². The van der Waals surface area contributed by atoms with Crippen molar-refractivity contribution >= 4 is 29.1 Å². The molecule has 0 radical (unpaired) electrons. The normalized spacial score (nSPS) is 20.1. The van der Waals surface area contributed by atoms with Crippen molar-refractivity contribution in [2.24, 2.45) is 5.92 Å². The number of likely N-dealkylation sites (tertiary alicyclic amines) is 1. The Morgan fingerprint density at radius 3 is 2.76 bits per heavy atom. The Kier molecular flexibility index (Phi) is 5.62. The SMILES string of the molecule is CC(=O)N[C@H](c1nccs1)C1CCN(C(=O)C[C@@H]2NC(=O)c3ccccc32)CC1. The number of nitrogens with one attached hydrogen (secondary N) is 2. The Balaban J connectivity index is 1.36. The van der Waals surface area contributed by atoms with Crippen LogP contribution in [0.4, 0.5) is 0 Å². The molecule has 2 N–H and O–H groups in total. The molecule has 29 heavy (non-hydrogen) atoms. The maximum absolute atomic E-state index is 12.8. The van der Waals surface area contributed by atoms with E-state index in [4.69, 9.17) is 0 Å². The lowest BCUT2D eigenvalue weighted by Crippen LogP contribution is -2.43. The fourth-order valence-corrected chi connectivity index (χ4v) is 5.04. The zero-order valence-corrected chi connectivity index (χ0v) is 17.1. The van der Waals surface area contributed by atoms with Crippen molar-refractivity contribution in [2.75, 3.05) is 13.1 Å². The van der Waals surface area contributed by atoms with E-state index in [2.05, 4.69) is 15.6 Å². The standard InChI is InChI=1S/C21H24N4O3S/c1-13(26)23-19(21-22-8-11-29-21)14-6-9-25(10-7-14)18(27)12-17-15-4-2-3-5-16(15)20(28)24-17/h2-5,8,11,14,17,19H,6-7,9-10,12H2,1H3,(H,23,26)(H,24,28)/t17-,19-/m0/s1. The summed E-state index contributed by atoms with van der Waals surface area (Å²) in [5, 5.41) is 8.77. The number of fused-ring (bicyclic) bond motifs is 1. The van der Waals surface area contributed by atoms with Gasteiger partial charge in [0.25, 0.3) is 5.91 Å². The predicted octanol–water partition coefficient (Wildman–Crippen LogP) is 2.43. The van der Waals surface area contributed by atoms with E-state index in [0.29, 0.717) is 18.7 Å². The second-order valence-electron chi connectivity index (χ2n) is 7.58. The third kappa shape index (κ3) is 4.17. The van der Waals surface area contributed by atoms with E-state index in [-0.39, 0.29) is 42.1 Å². The summed E-state index contributed by atoms with van der Waals surface area (Å²) in [6, 6.07) is 7.06. The van der Waals surface area contributed by atoms with Gasteiger partial charge >= 0.3 is 0 Å². The minimum atomic E-state index is -0.258. The summed E-state index contributed by atoms with van der Waals surface area (Å²) in [5.41, 5.74) is 1.56. The van der Waals surface area contributed by atoms with Crippen molar-refractivity contribution in [1.29, 1.82) is 0 Å². The van der Waals surface area contributed by atoms with Crippen molar-refractivity contribution in [2.45, 2.75) is 38.3 Å². The molecule has 152 valence electrons. The number of nitrogens with zero attached hydrogens (tertiary/aromatic N) is 2. The summed E-state index contributed by atoms with van der Waals surface area (Å²) in [4.78, 5) is 42.8. The predicted molar refractivity (Wildman–Crippen MR) is 109 cm³/mol. The minimum absolute atomic E-state index is 0.0516. The lowest BCUT2D eigenvalue weighted by Gasteiger charge is -2.36. The fraction of sp³-hybridized carbons (Fsp3) is 0.429. The van der Waals surface area contributed by atoms with Gasteiger partial charge in [0, 0.05) is 37.2 Å². The first-order valence-corrected chi connectivity index (χ1v) is 10.7. The van der Waals surface area contributed by atoms with Gasteiger partial charge in [-0.1, -0.05) is 18.2 Å². The number of thiazole rings is 1. The molecule has 0 spiro atoms. The van der Waals surface area contributed by atoms with Gasteiger partial charge in [-0.15, -0.1) is 11.3 Å². The van der Waals surface area contributed by atoms with Crippen LogP contribution in [0.1, 0.15) is 59.2 Å². The van der Waals surface area contributed by atoms with E-state index in [1.54, 1.807) is 23.6 Å². The van der Waals surface area contributed by atoms with E-state index in [9.17, 15) is 14.4 Å². The lowest BCUT2D eigenvalue weighted by molar-refractivity contribution is -0.133. The van der Waals surface area contributed by atoms with Crippen molar-refractivity contribution in [3.63, 3.8) is 0 Å². The van der Waals surface area contributed by atoms with Crippen LogP contribution in [0, 0.1) is 5.92 Å². The molecule has 3 heterocycles. The Labute approximate surface area is 173 Å². The molecule has 2 aromatic rings. The van der Waals surface area contributed by atoms with Gasteiger partial charge in [-0.25, -0.2) is 4.98 Å². The highest BCUT2D eigenvalue weighted by Gasteiger charge is 2.34. The summed E-state index contributed by atoms with van der Waals surface area (Å²) in [5.74, 6) is 0.120. The zero-order valence-electron chi connectivity index (χ0n) is 16.3. The summed E-state index contributed by atoms with van der Waals surface area (Å²) in [7, 11) is 0. The molecule has 0 bridgehead atoms. The largest absolute Gasteiger partial charge is 0.347 e. The summed E-state index contributed by atoms with van der Waals surface area (Å²) in [6.07, 6.45) is 3.64. The van der Waals surface area contributed by atoms with Crippen LogP contribution in [0.5, 0.6) is 0 Å². The quantitative estimate of drug-likeness (QED) is 0.789. The molecular formula is C21H24N4O3S. The highest BCUT2D eigenvalue weighted by Crippen LogP contribution is 2.33. The van der Waals surface area contributed by atoms with Crippen molar-refractivity contribution in [3.8, 4) is 0 Å². The highest BCUT2D eigenvalue weighted by molar-refractivity contribution is 7.09. The zero-order chi connectivity index (χ0) is 20.4. The number of rotatable bonds is 5. The number of piperidine rings is 1. The Hall–Kier alpha value is -2.74. The molecule has 1 aromatic heterocycles. The first kappa shape index (κ1) is 19.6. The molecule has 1 fully saturated rings.